The van der Waals surface area contributed by atoms with Crippen molar-refractivity contribution in [1.82, 2.24) is 0 Å². The quantitative estimate of drug-likeness (QED) is 0.870. The van der Waals surface area contributed by atoms with E-state index >= 15 is 0 Å². The fourth-order valence-corrected chi connectivity index (χ4v) is 1.81. The molecule has 0 aliphatic heterocycles. The van der Waals surface area contributed by atoms with Crippen molar-refractivity contribution in [2.24, 2.45) is 5.73 Å². The Morgan fingerprint density at radius 1 is 1.00 bits per heavy atom. The minimum Gasteiger partial charge on any atom is -0.494 e. The highest BCUT2D eigenvalue weighted by molar-refractivity contribution is 5.65. The van der Waals surface area contributed by atoms with Crippen molar-refractivity contribution >= 4 is 0 Å². The molecule has 0 radical (unpaired) electrons. The fraction of sp³-hybridized carbons (Fsp3) is 0.200. The van der Waals surface area contributed by atoms with Crippen LogP contribution in [0.4, 0.5) is 0 Å². The second-order valence-corrected chi connectivity index (χ2v) is 3.87. The van der Waals surface area contributed by atoms with Gasteiger partial charge in [-0.05, 0) is 41.8 Å². The lowest BCUT2D eigenvalue weighted by Gasteiger charge is -2.07. The van der Waals surface area contributed by atoms with E-state index in [1.807, 2.05) is 31.2 Å². The second-order valence-electron chi connectivity index (χ2n) is 3.87. The van der Waals surface area contributed by atoms with Crippen molar-refractivity contribution < 1.29 is 4.74 Å². The highest BCUT2D eigenvalue weighted by atomic mass is 16.5. The Bertz CT molecular complexity index is 494. The maximum Gasteiger partial charge on any atom is 0.119 e. The molecule has 0 bridgehead atoms. The fourth-order valence-electron chi connectivity index (χ4n) is 1.81. The summed E-state index contributed by atoms with van der Waals surface area (Å²) < 4.78 is 5.50. The molecule has 2 rings (SSSR count). The molecule has 2 nitrogen and oxygen atoms in total. The lowest BCUT2D eigenvalue weighted by atomic mass is 10.0. The third kappa shape index (κ3) is 2.86. The van der Waals surface area contributed by atoms with Gasteiger partial charge in [-0.1, -0.05) is 30.3 Å². The summed E-state index contributed by atoms with van der Waals surface area (Å²) in [5.74, 6) is 0.906. The van der Waals surface area contributed by atoms with Crippen LogP contribution in [0.15, 0.2) is 48.5 Å². The molecule has 88 valence electrons. The summed E-state index contributed by atoms with van der Waals surface area (Å²) >= 11 is 0. The molecule has 0 saturated carbocycles. The molecule has 0 aliphatic rings. The van der Waals surface area contributed by atoms with E-state index in [4.69, 9.17) is 10.5 Å². The topological polar surface area (TPSA) is 35.2 Å². The number of hydrogen-bond acceptors (Lipinski definition) is 2. The number of ether oxygens (including phenoxy) is 1. The molecule has 0 spiro atoms. The van der Waals surface area contributed by atoms with Crippen molar-refractivity contribution in [3.8, 4) is 16.9 Å². The third-order valence-corrected chi connectivity index (χ3v) is 2.64. The third-order valence-electron chi connectivity index (χ3n) is 2.64. The molecule has 0 saturated heterocycles. The molecule has 0 amide bonds. The Balaban J connectivity index is 2.34. The highest BCUT2D eigenvalue weighted by Gasteiger charge is 2.00. The van der Waals surface area contributed by atoms with Gasteiger partial charge in [-0.2, -0.15) is 0 Å². The first-order chi connectivity index (χ1) is 8.33. The molecule has 0 atom stereocenters. The number of benzene rings is 2. The predicted molar refractivity (Wildman–Crippen MR) is 70.9 cm³/mol. The van der Waals surface area contributed by atoms with Gasteiger partial charge in [0, 0.05) is 6.54 Å². The largest absolute Gasteiger partial charge is 0.494 e. The Hall–Kier alpha value is -1.80. The standard InChI is InChI=1S/C15H17NO/c1-2-17-15-8-4-7-14(10-15)13-6-3-5-12(9-13)11-16/h3-10H,2,11,16H2,1H3. The summed E-state index contributed by atoms with van der Waals surface area (Å²) in [5.41, 5.74) is 9.13. The predicted octanol–water partition coefficient (Wildman–Crippen LogP) is 3.21. The zero-order valence-electron chi connectivity index (χ0n) is 10.0. The number of nitrogens with two attached hydrogens (primary N) is 1. The molecule has 17 heavy (non-hydrogen) atoms. The van der Waals surface area contributed by atoms with Gasteiger partial charge in [-0.3, -0.25) is 0 Å². The number of rotatable bonds is 4. The summed E-state index contributed by atoms with van der Waals surface area (Å²) in [6.45, 7) is 3.24. The molecule has 2 aromatic rings. The van der Waals surface area contributed by atoms with Crippen molar-refractivity contribution in [2.45, 2.75) is 13.5 Å². The van der Waals surface area contributed by atoms with Crippen molar-refractivity contribution in [1.29, 1.82) is 0 Å². The van der Waals surface area contributed by atoms with E-state index in [-0.39, 0.29) is 0 Å². The van der Waals surface area contributed by atoms with Crippen LogP contribution in [0.5, 0.6) is 5.75 Å². The van der Waals surface area contributed by atoms with Gasteiger partial charge >= 0.3 is 0 Å². The van der Waals surface area contributed by atoms with Crippen LogP contribution in [0.1, 0.15) is 12.5 Å². The molecule has 2 aromatic carbocycles. The molecule has 0 aromatic heterocycles. The highest BCUT2D eigenvalue weighted by Crippen LogP contribution is 2.24. The van der Waals surface area contributed by atoms with Crippen LogP contribution in [0, 0.1) is 0 Å². The molecule has 0 unspecified atom stereocenters. The average Bonchev–Trinajstić information content (AvgIpc) is 2.40. The number of hydrogen-bond donors (Lipinski definition) is 1. The Labute approximate surface area is 102 Å². The summed E-state index contributed by atoms with van der Waals surface area (Å²) in [6.07, 6.45) is 0. The zero-order chi connectivity index (χ0) is 12.1. The van der Waals surface area contributed by atoms with Gasteiger partial charge < -0.3 is 10.5 Å². The van der Waals surface area contributed by atoms with Crippen LogP contribution in [0.2, 0.25) is 0 Å². The maximum absolute atomic E-state index is 5.65. The van der Waals surface area contributed by atoms with Crippen LogP contribution in [-0.4, -0.2) is 6.61 Å². The SMILES string of the molecule is CCOc1cccc(-c2cccc(CN)c2)c1. The van der Waals surface area contributed by atoms with Gasteiger partial charge in [0.2, 0.25) is 0 Å². The van der Waals surface area contributed by atoms with Crippen molar-refractivity contribution in [3.63, 3.8) is 0 Å². The Morgan fingerprint density at radius 2 is 1.71 bits per heavy atom. The van der Waals surface area contributed by atoms with E-state index in [0.29, 0.717) is 13.2 Å². The van der Waals surface area contributed by atoms with Gasteiger partial charge in [0.05, 0.1) is 6.61 Å². The maximum atomic E-state index is 5.65. The minimum atomic E-state index is 0.568. The smallest absolute Gasteiger partial charge is 0.119 e. The average molecular weight is 227 g/mol. The normalized spacial score (nSPS) is 10.2. The van der Waals surface area contributed by atoms with Crippen LogP contribution in [0.3, 0.4) is 0 Å². The van der Waals surface area contributed by atoms with Gasteiger partial charge in [-0.25, -0.2) is 0 Å². The van der Waals surface area contributed by atoms with E-state index in [0.717, 1.165) is 16.9 Å². The van der Waals surface area contributed by atoms with E-state index in [2.05, 4.69) is 24.3 Å². The van der Waals surface area contributed by atoms with Crippen LogP contribution in [0.25, 0.3) is 11.1 Å². The minimum absolute atomic E-state index is 0.568. The monoisotopic (exact) mass is 227 g/mol. The molecule has 0 heterocycles. The summed E-state index contributed by atoms with van der Waals surface area (Å²) in [5, 5.41) is 0. The van der Waals surface area contributed by atoms with Gasteiger partial charge in [0.25, 0.3) is 0 Å². The first-order valence-electron chi connectivity index (χ1n) is 5.85. The lowest BCUT2D eigenvalue weighted by molar-refractivity contribution is 0.340. The van der Waals surface area contributed by atoms with E-state index in [9.17, 15) is 0 Å². The summed E-state index contributed by atoms with van der Waals surface area (Å²) in [4.78, 5) is 0. The van der Waals surface area contributed by atoms with Crippen LogP contribution >= 0.6 is 0 Å². The van der Waals surface area contributed by atoms with E-state index < -0.39 is 0 Å². The summed E-state index contributed by atoms with van der Waals surface area (Å²) in [7, 11) is 0. The molecule has 2 heteroatoms. The molecule has 2 N–H and O–H groups in total. The molecular weight excluding hydrogens is 210 g/mol. The second kappa shape index (κ2) is 5.51. The van der Waals surface area contributed by atoms with E-state index in [1.165, 1.54) is 5.56 Å². The summed E-state index contributed by atoms with van der Waals surface area (Å²) in [6, 6.07) is 16.4. The van der Waals surface area contributed by atoms with Crippen molar-refractivity contribution in [3.05, 3.63) is 54.1 Å². The molecule has 0 fully saturated rings. The Kier molecular flexibility index (Phi) is 3.78. The van der Waals surface area contributed by atoms with Crippen LogP contribution in [-0.2, 0) is 6.54 Å². The van der Waals surface area contributed by atoms with Gasteiger partial charge in [-0.15, -0.1) is 0 Å². The van der Waals surface area contributed by atoms with E-state index in [1.54, 1.807) is 0 Å². The molecule has 0 aliphatic carbocycles. The van der Waals surface area contributed by atoms with Gasteiger partial charge in [0.15, 0.2) is 0 Å². The lowest BCUT2D eigenvalue weighted by Crippen LogP contribution is -1.96. The van der Waals surface area contributed by atoms with Crippen molar-refractivity contribution in [2.75, 3.05) is 6.61 Å². The first kappa shape index (κ1) is 11.7. The zero-order valence-corrected chi connectivity index (χ0v) is 10.0. The molecular formula is C15H17NO. The van der Waals surface area contributed by atoms with Gasteiger partial charge in [0.1, 0.15) is 5.75 Å². The first-order valence-corrected chi connectivity index (χ1v) is 5.85. The Morgan fingerprint density at radius 3 is 2.41 bits per heavy atom. The van der Waals surface area contributed by atoms with Crippen LogP contribution < -0.4 is 10.5 Å².